The van der Waals surface area contributed by atoms with E-state index in [1.54, 1.807) is 12.3 Å². The van der Waals surface area contributed by atoms with Crippen LogP contribution in [0.3, 0.4) is 0 Å². The monoisotopic (exact) mass is 326 g/mol. The molecule has 124 valence electrons. The number of fused-ring (bicyclic) bond motifs is 1. The Morgan fingerprint density at radius 1 is 1.29 bits per heavy atom. The Bertz CT molecular complexity index is 836. The normalized spacial score (nSPS) is 15.7. The molecule has 8 heteroatoms. The third-order valence-corrected chi connectivity index (χ3v) is 4.01. The number of imidazole rings is 1. The molecule has 1 fully saturated rings. The molecule has 24 heavy (non-hydrogen) atoms. The number of hydrogen-bond donors (Lipinski definition) is 3. The van der Waals surface area contributed by atoms with Crippen LogP contribution in [-0.2, 0) is 11.3 Å². The third kappa shape index (κ3) is 3.15. The van der Waals surface area contributed by atoms with Gasteiger partial charge in [0.1, 0.15) is 11.5 Å². The number of amides is 1. The number of ether oxygens (including phenoxy) is 1. The summed E-state index contributed by atoms with van der Waals surface area (Å²) >= 11 is 0. The number of rotatable bonds is 4. The standard InChI is InChI=1S/C16H18N6O2/c23-16(13-3-4-17-21-13)18-11-1-2-12-14(9-11)20-15(19-12)10-22-5-7-24-8-6-22/h1-4,9H,5-8,10H2,(H,17,21)(H,18,23)(H,19,20). The molecule has 0 saturated carbocycles. The molecule has 8 nitrogen and oxygen atoms in total. The molecule has 3 heterocycles. The van der Waals surface area contributed by atoms with Gasteiger partial charge in [0.2, 0.25) is 0 Å². The van der Waals surface area contributed by atoms with Crippen molar-refractivity contribution in [3.05, 3.63) is 42.0 Å². The Morgan fingerprint density at radius 3 is 2.96 bits per heavy atom. The molecule has 3 N–H and O–H groups in total. The lowest BCUT2D eigenvalue weighted by molar-refractivity contribution is 0.0332. The van der Waals surface area contributed by atoms with Crippen LogP contribution in [0.1, 0.15) is 16.3 Å². The van der Waals surface area contributed by atoms with Gasteiger partial charge >= 0.3 is 0 Å². The van der Waals surface area contributed by atoms with E-state index in [9.17, 15) is 4.79 Å². The van der Waals surface area contributed by atoms with Crippen LogP contribution in [0.2, 0.25) is 0 Å². The SMILES string of the molecule is O=C(Nc1ccc2nc(CN3CCOCC3)[nH]c2c1)c1ccn[nH]1. The zero-order valence-corrected chi connectivity index (χ0v) is 13.1. The number of benzene rings is 1. The van der Waals surface area contributed by atoms with Gasteiger partial charge in [-0.1, -0.05) is 0 Å². The molecule has 0 spiro atoms. The van der Waals surface area contributed by atoms with Crippen molar-refractivity contribution in [2.24, 2.45) is 0 Å². The topological polar surface area (TPSA) is 98.9 Å². The fraction of sp³-hybridized carbons (Fsp3) is 0.312. The Kier molecular flexibility index (Phi) is 3.97. The minimum atomic E-state index is -0.222. The first-order valence-electron chi connectivity index (χ1n) is 7.87. The van der Waals surface area contributed by atoms with E-state index >= 15 is 0 Å². The molecule has 1 aliphatic heterocycles. The first kappa shape index (κ1) is 14.9. The second kappa shape index (κ2) is 6.42. The summed E-state index contributed by atoms with van der Waals surface area (Å²) in [4.78, 5) is 22.3. The number of carbonyl (C=O) groups is 1. The number of nitrogens with zero attached hydrogens (tertiary/aromatic N) is 3. The van der Waals surface area contributed by atoms with Crippen LogP contribution < -0.4 is 5.32 Å². The minimum absolute atomic E-state index is 0.222. The first-order chi connectivity index (χ1) is 11.8. The van der Waals surface area contributed by atoms with E-state index in [-0.39, 0.29) is 5.91 Å². The Labute approximate surface area is 138 Å². The summed E-state index contributed by atoms with van der Waals surface area (Å²) in [5.41, 5.74) is 2.93. The van der Waals surface area contributed by atoms with Gasteiger partial charge in [0.05, 0.1) is 30.8 Å². The summed E-state index contributed by atoms with van der Waals surface area (Å²) < 4.78 is 5.36. The second-order valence-corrected chi connectivity index (χ2v) is 5.73. The number of carbonyl (C=O) groups excluding carboxylic acids is 1. The van der Waals surface area contributed by atoms with E-state index in [2.05, 4.69) is 30.4 Å². The van der Waals surface area contributed by atoms with Gasteiger partial charge in [-0.2, -0.15) is 5.10 Å². The molecule has 2 aromatic heterocycles. The van der Waals surface area contributed by atoms with Crippen molar-refractivity contribution in [1.29, 1.82) is 0 Å². The van der Waals surface area contributed by atoms with Crippen molar-refractivity contribution in [2.45, 2.75) is 6.54 Å². The lowest BCUT2D eigenvalue weighted by Gasteiger charge is -2.25. The minimum Gasteiger partial charge on any atom is -0.379 e. The quantitative estimate of drug-likeness (QED) is 0.672. The van der Waals surface area contributed by atoms with Crippen molar-refractivity contribution < 1.29 is 9.53 Å². The summed E-state index contributed by atoms with van der Waals surface area (Å²) in [6.07, 6.45) is 1.55. The Morgan fingerprint density at radius 2 is 2.17 bits per heavy atom. The molecule has 4 rings (SSSR count). The highest BCUT2D eigenvalue weighted by Crippen LogP contribution is 2.18. The zero-order valence-electron chi connectivity index (χ0n) is 13.1. The van der Waals surface area contributed by atoms with Gasteiger partial charge in [0.15, 0.2) is 0 Å². The lowest BCUT2D eigenvalue weighted by Crippen LogP contribution is -2.35. The van der Waals surface area contributed by atoms with Crippen LogP contribution in [0.4, 0.5) is 5.69 Å². The first-order valence-corrected chi connectivity index (χ1v) is 7.87. The number of morpholine rings is 1. The van der Waals surface area contributed by atoms with E-state index < -0.39 is 0 Å². The smallest absolute Gasteiger partial charge is 0.273 e. The van der Waals surface area contributed by atoms with Crippen molar-refractivity contribution in [3.63, 3.8) is 0 Å². The maximum absolute atomic E-state index is 12.1. The molecule has 0 bridgehead atoms. The molecule has 0 atom stereocenters. The van der Waals surface area contributed by atoms with E-state index in [0.29, 0.717) is 11.4 Å². The van der Waals surface area contributed by atoms with Gasteiger partial charge in [-0.25, -0.2) is 4.98 Å². The maximum Gasteiger partial charge on any atom is 0.273 e. The van der Waals surface area contributed by atoms with Crippen molar-refractivity contribution in [1.82, 2.24) is 25.1 Å². The average Bonchev–Trinajstić information content (AvgIpc) is 3.24. The molecule has 0 aliphatic carbocycles. The number of H-pyrrole nitrogens is 2. The van der Waals surface area contributed by atoms with Gasteiger partial charge in [-0.05, 0) is 24.3 Å². The molecule has 0 radical (unpaired) electrons. The summed E-state index contributed by atoms with van der Waals surface area (Å²) in [7, 11) is 0. The van der Waals surface area contributed by atoms with Gasteiger partial charge in [0, 0.05) is 25.0 Å². The predicted octanol–water partition coefficient (Wildman–Crippen LogP) is 1.37. The highest BCUT2D eigenvalue weighted by atomic mass is 16.5. The summed E-state index contributed by atoms with van der Waals surface area (Å²) in [5, 5.41) is 9.27. The molecule has 1 saturated heterocycles. The van der Waals surface area contributed by atoms with Crippen LogP contribution in [0.5, 0.6) is 0 Å². The fourth-order valence-electron chi connectivity index (χ4n) is 2.77. The number of aromatic nitrogens is 4. The number of aromatic amines is 2. The van der Waals surface area contributed by atoms with E-state index in [1.165, 1.54) is 0 Å². The Balaban J connectivity index is 1.49. The lowest BCUT2D eigenvalue weighted by atomic mass is 10.2. The largest absolute Gasteiger partial charge is 0.379 e. The zero-order chi connectivity index (χ0) is 16.4. The van der Waals surface area contributed by atoms with Crippen molar-refractivity contribution in [3.8, 4) is 0 Å². The van der Waals surface area contributed by atoms with Crippen molar-refractivity contribution >= 4 is 22.6 Å². The second-order valence-electron chi connectivity index (χ2n) is 5.73. The van der Waals surface area contributed by atoms with Gasteiger partial charge in [0.25, 0.3) is 5.91 Å². The third-order valence-electron chi connectivity index (χ3n) is 4.01. The predicted molar refractivity (Wildman–Crippen MR) is 88.7 cm³/mol. The Hall–Kier alpha value is -2.71. The van der Waals surface area contributed by atoms with Crippen molar-refractivity contribution in [2.75, 3.05) is 31.6 Å². The average molecular weight is 326 g/mol. The molecule has 1 aromatic carbocycles. The number of nitrogens with one attached hydrogen (secondary N) is 3. The van der Waals surface area contributed by atoms with Crippen LogP contribution in [0.15, 0.2) is 30.5 Å². The highest BCUT2D eigenvalue weighted by Gasteiger charge is 2.13. The molecule has 3 aromatic rings. The van der Waals surface area contributed by atoms with E-state index in [4.69, 9.17) is 4.74 Å². The highest BCUT2D eigenvalue weighted by molar-refractivity contribution is 6.03. The van der Waals surface area contributed by atoms with Crippen LogP contribution in [0, 0.1) is 0 Å². The maximum atomic E-state index is 12.1. The number of anilines is 1. The van der Waals surface area contributed by atoms with Crippen LogP contribution in [0.25, 0.3) is 11.0 Å². The molecular weight excluding hydrogens is 308 g/mol. The molecule has 1 amide bonds. The van der Waals surface area contributed by atoms with Crippen LogP contribution in [-0.4, -0.2) is 57.3 Å². The molecular formula is C16H18N6O2. The summed E-state index contributed by atoms with van der Waals surface area (Å²) in [5.74, 6) is 0.698. The van der Waals surface area contributed by atoms with Gasteiger partial charge in [-0.15, -0.1) is 0 Å². The van der Waals surface area contributed by atoms with Gasteiger partial charge in [-0.3, -0.25) is 14.8 Å². The summed E-state index contributed by atoms with van der Waals surface area (Å²) in [6, 6.07) is 7.26. The summed E-state index contributed by atoms with van der Waals surface area (Å²) in [6.45, 7) is 4.15. The van der Waals surface area contributed by atoms with Gasteiger partial charge < -0.3 is 15.0 Å². The van der Waals surface area contributed by atoms with E-state index in [1.807, 2.05) is 18.2 Å². The van der Waals surface area contributed by atoms with Crippen LogP contribution >= 0.6 is 0 Å². The molecule has 0 unspecified atom stereocenters. The molecule has 1 aliphatic rings. The van der Waals surface area contributed by atoms with E-state index in [0.717, 1.165) is 49.7 Å². The fourth-order valence-corrected chi connectivity index (χ4v) is 2.77. The number of hydrogen-bond acceptors (Lipinski definition) is 5.